The lowest BCUT2D eigenvalue weighted by Crippen LogP contribution is -2.40. The molecule has 57 heavy (non-hydrogen) atoms. The topological polar surface area (TPSA) is 128 Å². The number of aryl methyl sites for hydroxylation is 1. The molecule has 0 fully saturated rings. The summed E-state index contributed by atoms with van der Waals surface area (Å²) in [5, 5.41) is 46.4. The van der Waals surface area contributed by atoms with Gasteiger partial charge in [0.1, 0.15) is 7.85 Å². The molecule has 4 heterocycles. The second kappa shape index (κ2) is 12.1. The SMILES string of the molecule is [B]c1c(O)c(O)c(O)c(O)c1-c1nc(-c2ccccc2)nc(-n2c3c(c4ccc5c(c42)N(c2ccc4sc6ccccc6c4c2)C2(C)CC=CC=C52)CCC=C3)n1. The number of phenols is 4. The minimum atomic E-state index is -0.940. The zero-order valence-corrected chi connectivity index (χ0v) is 31.4. The van der Waals surface area contributed by atoms with E-state index in [1.165, 1.54) is 25.7 Å². The van der Waals surface area contributed by atoms with E-state index in [9.17, 15) is 20.4 Å². The molecule has 11 rings (SSSR count). The number of benzene rings is 5. The molecule has 3 aromatic heterocycles. The van der Waals surface area contributed by atoms with Crippen LogP contribution in [0.25, 0.3) is 71.4 Å². The monoisotopic (exact) mass is 761 g/mol. The summed E-state index contributed by atoms with van der Waals surface area (Å²) < 4.78 is 4.55. The zero-order valence-electron chi connectivity index (χ0n) is 30.6. The summed E-state index contributed by atoms with van der Waals surface area (Å²) in [5.41, 5.74) is 7.04. The number of fused-ring (bicyclic) bond motifs is 10. The Labute approximate surface area is 331 Å². The minimum absolute atomic E-state index is 0.0957. The van der Waals surface area contributed by atoms with E-state index in [4.69, 9.17) is 22.8 Å². The van der Waals surface area contributed by atoms with E-state index in [0.29, 0.717) is 5.56 Å². The summed E-state index contributed by atoms with van der Waals surface area (Å²) in [6, 6.07) is 29.2. The number of nitrogens with zero attached hydrogens (tertiary/aromatic N) is 5. The molecule has 3 aliphatic rings. The van der Waals surface area contributed by atoms with Crippen LogP contribution in [0.1, 0.15) is 36.6 Å². The highest BCUT2D eigenvalue weighted by atomic mass is 32.1. The van der Waals surface area contributed by atoms with Gasteiger partial charge in [-0.05, 0) is 73.1 Å². The molecule has 0 spiro atoms. The number of hydrogen-bond donors (Lipinski definition) is 4. The van der Waals surface area contributed by atoms with Crippen molar-refractivity contribution in [1.82, 2.24) is 19.5 Å². The van der Waals surface area contributed by atoms with Crippen molar-refractivity contribution in [3.05, 3.63) is 126 Å². The second-order valence-corrected chi connectivity index (χ2v) is 16.0. The van der Waals surface area contributed by atoms with Gasteiger partial charge in [0.2, 0.25) is 17.4 Å². The van der Waals surface area contributed by atoms with Crippen molar-refractivity contribution >= 4 is 78.7 Å². The van der Waals surface area contributed by atoms with Crippen molar-refractivity contribution in [2.75, 3.05) is 4.90 Å². The molecule has 1 atom stereocenters. The van der Waals surface area contributed by atoms with E-state index in [0.717, 1.165) is 58.4 Å². The Bertz CT molecular complexity index is 3120. The lowest BCUT2D eigenvalue weighted by atomic mass is 9.83. The molecule has 0 bridgehead atoms. The minimum Gasteiger partial charge on any atom is -0.505 e. The summed E-state index contributed by atoms with van der Waals surface area (Å²) in [7, 11) is 6.33. The van der Waals surface area contributed by atoms with Gasteiger partial charge in [0.05, 0.1) is 28.0 Å². The Morgan fingerprint density at radius 3 is 2.39 bits per heavy atom. The van der Waals surface area contributed by atoms with Crippen LogP contribution in [0.15, 0.2) is 109 Å². The fourth-order valence-electron chi connectivity index (χ4n) is 9.05. The molecule has 2 aliphatic carbocycles. The highest BCUT2D eigenvalue weighted by molar-refractivity contribution is 7.25. The number of aromatic nitrogens is 4. The van der Waals surface area contributed by atoms with Crippen LogP contribution >= 0.6 is 11.3 Å². The van der Waals surface area contributed by atoms with Crippen LogP contribution in [0, 0.1) is 0 Å². The van der Waals surface area contributed by atoms with Gasteiger partial charge in [-0.1, -0.05) is 85.0 Å². The number of thiophene rings is 1. The van der Waals surface area contributed by atoms with Gasteiger partial charge in [-0.15, -0.1) is 11.3 Å². The molecular formula is C46H32BN5O4S. The molecule has 0 saturated carbocycles. The third kappa shape index (κ3) is 4.66. The first-order chi connectivity index (χ1) is 27.7. The molecule has 2 radical (unpaired) electrons. The quantitative estimate of drug-likeness (QED) is 0.0794. The molecule has 0 saturated heterocycles. The number of anilines is 2. The maximum Gasteiger partial charge on any atom is 0.238 e. The third-order valence-corrected chi connectivity index (χ3v) is 12.9. The van der Waals surface area contributed by atoms with Gasteiger partial charge in [0.15, 0.2) is 23.1 Å². The van der Waals surface area contributed by atoms with Crippen LogP contribution in [0.2, 0.25) is 0 Å². The zero-order chi connectivity index (χ0) is 38.7. The van der Waals surface area contributed by atoms with Crippen molar-refractivity contribution in [3.8, 4) is 51.7 Å². The fourth-order valence-corrected chi connectivity index (χ4v) is 10.1. The summed E-state index contributed by atoms with van der Waals surface area (Å²) in [4.78, 5) is 17.3. The van der Waals surface area contributed by atoms with E-state index in [1.807, 2.05) is 30.3 Å². The molecule has 9 nitrogen and oxygen atoms in total. The predicted molar refractivity (Wildman–Crippen MR) is 229 cm³/mol. The van der Waals surface area contributed by atoms with Crippen molar-refractivity contribution in [2.45, 2.75) is 31.7 Å². The van der Waals surface area contributed by atoms with E-state index in [-0.39, 0.29) is 23.2 Å². The first-order valence-corrected chi connectivity index (χ1v) is 19.6. The van der Waals surface area contributed by atoms with Crippen LogP contribution in [0.5, 0.6) is 23.0 Å². The van der Waals surface area contributed by atoms with Gasteiger partial charge in [-0.2, -0.15) is 9.97 Å². The van der Waals surface area contributed by atoms with Crippen molar-refractivity contribution in [3.63, 3.8) is 0 Å². The van der Waals surface area contributed by atoms with Crippen LogP contribution in [-0.2, 0) is 6.42 Å². The highest BCUT2D eigenvalue weighted by Gasteiger charge is 2.47. The molecule has 4 N–H and O–H groups in total. The summed E-state index contributed by atoms with van der Waals surface area (Å²) in [5.74, 6) is -3.00. The molecule has 1 unspecified atom stereocenters. The van der Waals surface area contributed by atoms with E-state index >= 15 is 0 Å². The molecule has 5 aromatic carbocycles. The van der Waals surface area contributed by atoms with Gasteiger partial charge < -0.3 is 25.3 Å². The lowest BCUT2D eigenvalue weighted by molar-refractivity contribution is 0.348. The van der Waals surface area contributed by atoms with E-state index in [1.54, 1.807) is 11.3 Å². The number of rotatable bonds is 4. The Hall–Kier alpha value is -6.85. The molecule has 0 amide bonds. The van der Waals surface area contributed by atoms with Gasteiger partial charge in [0, 0.05) is 42.4 Å². The Morgan fingerprint density at radius 1 is 0.754 bits per heavy atom. The third-order valence-electron chi connectivity index (χ3n) is 11.7. The van der Waals surface area contributed by atoms with Crippen LogP contribution in [0.3, 0.4) is 0 Å². The molecule has 1 aliphatic heterocycles. The summed E-state index contributed by atoms with van der Waals surface area (Å²) in [6.07, 6.45) is 13.3. The van der Waals surface area contributed by atoms with Gasteiger partial charge in [0.25, 0.3) is 0 Å². The van der Waals surface area contributed by atoms with E-state index < -0.39 is 34.0 Å². The van der Waals surface area contributed by atoms with Gasteiger partial charge in [-0.3, -0.25) is 4.57 Å². The maximum atomic E-state index is 11.2. The van der Waals surface area contributed by atoms with Crippen LogP contribution in [0.4, 0.5) is 11.4 Å². The second-order valence-electron chi connectivity index (χ2n) is 14.9. The molecule has 274 valence electrons. The van der Waals surface area contributed by atoms with Gasteiger partial charge in [-0.25, -0.2) is 4.98 Å². The first-order valence-electron chi connectivity index (χ1n) is 18.8. The van der Waals surface area contributed by atoms with Crippen LogP contribution < -0.4 is 10.4 Å². The first kappa shape index (κ1) is 33.5. The largest absolute Gasteiger partial charge is 0.505 e. The fraction of sp³-hybridized carbons (Fsp3) is 0.109. The Balaban J connectivity index is 1.25. The molecule has 11 heteroatoms. The predicted octanol–water partition coefficient (Wildman–Crippen LogP) is 9.35. The van der Waals surface area contributed by atoms with Crippen molar-refractivity contribution in [2.24, 2.45) is 0 Å². The van der Waals surface area contributed by atoms with Crippen molar-refractivity contribution < 1.29 is 20.4 Å². The standard InChI is InChI=1S/C46H32BN5O4S/c1-46-22-10-9-15-31(46)29-20-19-28-26-13-5-7-16-32(26)51(37(28)38(29)52(46)25-18-21-34-30(23-25)27-14-6-8-17-33(27)57-34)45-49-43(24-11-3-2-4-12-24)48-44(50-45)35-36(47)40(54)42(56)41(55)39(35)53/h2-4,6-12,14-21,23,53-56H,5,13,22H2,1H3. The number of allylic oxidation sites excluding steroid dienone is 3. The Morgan fingerprint density at radius 2 is 1.53 bits per heavy atom. The summed E-state index contributed by atoms with van der Waals surface area (Å²) >= 11 is 1.80. The smallest absolute Gasteiger partial charge is 0.238 e. The van der Waals surface area contributed by atoms with Gasteiger partial charge >= 0.3 is 0 Å². The van der Waals surface area contributed by atoms with E-state index in [2.05, 4.69) is 101 Å². The van der Waals surface area contributed by atoms with Crippen molar-refractivity contribution in [1.29, 1.82) is 0 Å². The lowest BCUT2D eigenvalue weighted by Gasteiger charge is -2.39. The number of hydrogen-bond acceptors (Lipinski definition) is 9. The van der Waals surface area contributed by atoms with Crippen LogP contribution in [-0.4, -0.2) is 53.3 Å². The average Bonchev–Trinajstić information content (AvgIpc) is 3.87. The highest BCUT2D eigenvalue weighted by Crippen LogP contribution is 2.58. The number of phenolic OH excluding ortho intramolecular Hbond substituents is 4. The number of aromatic hydroxyl groups is 4. The molecule has 8 aromatic rings. The maximum absolute atomic E-state index is 11.2. The molecular weight excluding hydrogens is 729 g/mol. The normalized spacial score (nSPS) is 17.0. The Kier molecular flexibility index (Phi) is 7.09. The average molecular weight is 762 g/mol. The summed E-state index contributed by atoms with van der Waals surface area (Å²) in [6.45, 7) is 2.31.